The summed E-state index contributed by atoms with van der Waals surface area (Å²) in [5.41, 5.74) is 0.741. The number of halogens is 2. The van der Waals surface area contributed by atoms with Crippen molar-refractivity contribution in [2.24, 2.45) is 0 Å². The van der Waals surface area contributed by atoms with Crippen molar-refractivity contribution in [1.29, 1.82) is 0 Å². The van der Waals surface area contributed by atoms with Gasteiger partial charge in [-0.25, -0.2) is 8.78 Å². The van der Waals surface area contributed by atoms with Gasteiger partial charge in [-0.1, -0.05) is 18.2 Å². The van der Waals surface area contributed by atoms with Crippen LogP contribution in [-0.4, -0.2) is 51.0 Å². The Kier molecular flexibility index (Phi) is 8.73. The predicted octanol–water partition coefficient (Wildman–Crippen LogP) is 2.90. The lowest BCUT2D eigenvalue weighted by Crippen LogP contribution is -2.35. The third-order valence-corrected chi connectivity index (χ3v) is 4.66. The van der Waals surface area contributed by atoms with Gasteiger partial charge in [0.05, 0.1) is 18.7 Å². The Morgan fingerprint density at radius 2 is 1.83 bits per heavy atom. The van der Waals surface area contributed by atoms with Gasteiger partial charge < -0.3 is 20.3 Å². The number of nitrogens with zero attached hydrogens (tertiary/aromatic N) is 1. The SMILES string of the molecule is COc1ccccc1C(CNC(=O)CCCNC(=O)c1ccc(F)cc1F)N(C)C. The Morgan fingerprint density at radius 3 is 2.50 bits per heavy atom. The summed E-state index contributed by atoms with van der Waals surface area (Å²) in [6.45, 7) is 0.603. The van der Waals surface area contributed by atoms with Crippen LogP contribution in [0, 0.1) is 11.6 Å². The van der Waals surface area contributed by atoms with Crippen molar-refractivity contribution in [2.45, 2.75) is 18.9 Å². The summed E-state index contributed by atoms with van der Waals surface area (Å²) in [6.07, 6.45) is 0.597. The third-order valence-electron chi connectivity index (χ3n) is 4.66. The molecule has 8 heteroatoms. The van der Waals surface area contributed by atoms with Crippen LogP contribution in [0.25, 0.3) is 0 Å². The van der Waals surface area contributed by atoms with Crippen LogP contribution >= 0.6 is 0 Å². The van der Waals surface area contributed by atoms with Crippen molar-refractivity contribution < 1.29 is 23.1 Å². The maximum Gasteiger partial charge on any atom is 0.254 e. The summed E-state index contributed by atoms with van der Waals surface area (Å²) in [5, 5.41) is 5.43. The number of hydrogen-bond donors (Lipinski definition) is 2. The van der Waals surface area contributed by atoms with Gasteiger partial charge in [0, 0.05) is 31.1 Å². The third kappa shape index (κ3) is 6.52. The van der Waals surface area contributed by atoms with Crippen LogP contribution < -0.4 is 15.4 Å². The molecule has 2 amide bonds. The highest BCUT2D eigenvalue weighted by Gasteiger charge is 2.19. The molecule has 0 radical (unpaired) electrons. The van der Waals surface area contributed by atoms with Gasteiger partial charge in [0.2, 0.25) is 5.91 Å². The van der Waals surface area contributed by atoms with Crippen LogP contribution in [0.1, 0.15) is 34.8 Å². The van der Waals surface area contributed by atoms with E-state index < -0.39 is 17.5 Å². The molecule has 0 aromatic heterocycles. The highest BCUT2D eigenvalue weighted by Crippen LogP contribution is 2.27. The number of benzene rings is 2. The molecule has 0 saturated carbocycles. The molecule has 0 spiro atoms. The average molecular weight is 419 g/mol. The summed E-state index contributed by atoms with van der Waals surface area (Å²) in [5.74, 6) is -1.71. The molecule has 1 atom stereocenters. The van der Waals surface area contributed by atoms with Gasteiger partial charge >= 0.3 is 0 Å². The number of carbonyl (C=O) groups excluding carboxylic acids is 2. The van der Waals surface area contributed by atoms with Gasteiger partial charge in [0.1, 0.15) is 17.4 Å². The van der Waals surface area contributed by atoms with Crippen molar-refractivity contribution in [3.8, 4) is 5.75 Å². The van der Waals surface area contributed by atoms with Crippen molar-refractivity contribution in [3.63, 3.8) is 0 Å². The van der Waals surface area contributed by atoms with Crippen LogP contribution in [0.3, 0.4) is 0 Å². The second-order valence-corrected chi connectivity index (χ2v) is 7.01. The number of para-hydroxylation sites is 1. The number of nitrogens with one attached hydrogen (secondary N) is 2. The quantitative estimate of drug-likeness (QED) is 0.581. The lowest BCUT2D eigenvalue weighted by Gasteiger charge is -2.26. The van der Waals surface area contributed by atoms with E-state index in [0.717, 1.165) is 23.4 Å². The first-order valence-electron chi connectivity index (χ1n) is 9.62. The molecule has 0 saturated heterocycles. The molecule has 1 unspecified atom stereocenters. The largest absolute Gasteiger partial charge is 0.496 e. The minimum atomic E-state index is -0.920. The van der Waals surface area contributed by atoms with E-state index in [1.807, 2.05) is 43.3 Å². The maximum absolute atomic E-state index is 13.6. The summed E-state index contributed by atoms with van der Waals surface area (Å²) >= 11 is 0. The van der Waals surface area contributed by atoms with E-state index in [1.54, 1.807) is 7.11 Å². The predicted molar refractivity (Wildman–Crippen MR) is 110 cm³/mol. The van der Waals surface area contributed by atoms with Crippen molar-refractivity contribution in [1.82, 2.24) is 15.5 Å². The smallest absolute Gasteiger partial charge is 0.254 e. The van der Waals surface area contributed by atoms with Gasteiger partial charge in [-0.15, -0.1) is 0 Å². The Hall–Kier alpha value is -3.00. The fourth-order valence-electron chi connectivity index (χ4n) is 3.03. The van der Waals surface area contributed by atoms with Gasteiger partial charge in [0.25, 0.3) is 5.91 Å². The molecule has 2 rings (SSSR count). The molecule has 162 valence electrons. The summed E-state index contributed by atoms with van der Waals surface area (Å²) in [7, 11) is 5.46. The Morgan fingerprint density at radius 1 is 1.10 bits per heavy atom. The molecular weight excluding hydrogens is 392 g/mol. The van der Waals surface area contributed by atoms with E-state index in [0.29, 0.717) is 19.0 Å². The average Bonchev–Trinajstić information content (AvgIpc) is 2.71. The highest BCUT2D eigenvalue weighted by molar-refractivity contribution is 5.94. The van der Waals surface area contributed by atoms with Gasteiger partial charge in [-0.2, -0.15) is 0 Å². The number of carbonyl (C=O) groups is 2. The zero-order chi connectivity index (χ0) is 22.1. The first-order valence-corrected chi connectivity index (χ1v) is 9.62. The molecule has 0 bridgehead atoms. The molecule has 2 aromatic carbocycles. The monoisotopic (exact) mass is 419 g/mol. The van der Waals surface area contributed by atoms with Crippen LogP contribution in [-0.2, 0) is 4.79 Å². The highest BCUT2D eigenvalue weighted by atomic mass is 19.1. The Bertz CT molecular complexity index is 874. The molecule has 0 aliphatic heterocycles. The molecular formula is C22H27F2N3O3. The number of likely N-dealkylation sites (N-methyl/N-ethyl adjacent to an activating group) is 1. The molecule has 0 heterocycles. The number of hydrogen-bond acceptors (Lipinski definition) is 4. The van der Waals surface area contributed by atoms with Crippen LogP contribution in [0.2, 0.25) is 0 Å². The van der Waals surface area contributed by atoms with E-state index >= 15 is 0 Å². The standard InChI is InChI=1S/C22H27F2N3O3/c1-27(2)19(17-7-4-5-8-20(17)30-3)14-26-21(28)9-6-12-25-22(29)16-11-10-15(23)13-18(16)24/h4-5,7-8,10-11,13,19H,6,9,12,14H2,1-3H3,(H,25,29)(H,26,28). The molecule has 0 aliphatic rings. The molecule has 0 fully saturated rings. The van der Waals surface area contributed by atoms with E-state index in [4.69, 9.17) is 4.74 Å². The fourth-order valence-corrected chi connectivity index (χ4v) is 3.03. The van der Waals surface area contributed by atoms with Gasteiger partial charge in [0.15, 0.2) is 0 Å². The van der Waals surface area contributed by atoms with Crippen LogP contribution in [0.15, 0.2) is 42.5 Å². The zero-order valence-corrected chi connectivity index (χ0v) is 17.4. The second kappa shape index (κ2) is 11.3. The lowest BCUT2D eigenvalue weighted by molar-refractivity contribution is -0.121. The van der Waals surface area contributed by atoms with E-state index in [1.165, 1.54) is 0 Å². The van der Waals surface area contributed by atoms with Crippen LogP contribution in [0.4, 0.5) is 8.78 Å². The molecule has 30 heavy (non-hydrogen) atoms. The normalized spacial score (nSPS) is 11.8. The minimum Gasteiger partial charge on any atom is -0.496 e. The lowest BCUT2D eigenvalue weighted by atomic mass is 10.0. The summed E-state index contributed by atoms with van der Waals surface area (Å²) in [4.78, 5) is 26.1. The van der Waals surface area contributed by atoms with Gasteiger partial charge in [-0.3, -0.25) is 9.59 Å². The minimum absolute atomic E-state index is 0.0637. The van der Waals surface area contributed by atoms with E-state index in [-0.39, 0.29) is 30.5 Å². The first kappa shape index (κ1) is 23.3. The second-order valence-electron chi connectivity index (χ2n) is 7.01. The summed E-state index contributed by atoms with van der Waals surface area (Å²) < 4.78 is 31.9. The van der Waals surface area contributed by atoms with Crippen LogP contribution in [0.5, 0.6) is 5.75 Å². The van der Waals surface area contributed by atoms with E-state index in [9.17, 15) is 18.4 Å². The topological polar surface area (TPSA) is 70.7 Å². The number of methoxy groups -OCH3 is 1. The maximum atomic E-state index is 13.6. The van der Waals surface area contributed by atoms with Gasteiger partial charge in [-0.05, 0) is 38.7 Å². The molecule has 0 aliphatic carbocycles. The Labute approximate surface area is 175 Å². The fraction of sp³-hybridized carbons (Fsp3) is 0.364. The van der Waals surface area contributed by atoms with Crippen molar-refractivity contribution in [3.05, 3.63) is 65.2 Å². The zero-order valence-electron chi connectivity index (χ0n) is 17.4. The molecule has 2 N–H and O–H groups in total. The Balaban J connectivity index is 1.79. The number of rotatable bonds is 10. The van der Waals surface area contributed by atoms with Crippen molar-refractivity contribution >= 4 is 11.8 Å². The molecule has 2 aromatic rings. The molecule has 6 nitrogen and oxygen atoms in total. The number of ether oxygens (including phenoxy) is 1. The summed E-state index contributed by atoms with van der Waals surface area (Å²) in [6, 6.07) is 10.3. The first-order chi connectivity index (χ1) is 14.3. The van der Waals surface area contributed by atoms with Crippen molar-refractivity contribution in [2.75, 3.05) is 34.3 Å². The van der Waals surface area contributed by atoms with E-state index in [2.05, 4.69) is 10.6 Å². The number of amides is 2.